The summed E-state index contributed by atoms with van der Waals surface area (Å²) in [4.78, 5) is 23.6. The van der Waals surface area contributed by atoms with E-state index >= 15 is 0 Å². The molecule has 5 heteroatoms. The Morgan fingerprint density at radius 2 is 1.85 bits per heavy atom. The van der Waals surface area contributed by atoms with Crippen LogP contribution < -0.4 is 11.1 Å². The van der Waals surface area contributed by atoms with Crippen LogP contribution in [0.1, 0.15) is 21.5 Å². The molecule has 0 radical (unpaired) electrons. The molecule has 0 aromatic heterocycles. The first-order chi connectivity index (χ1) is 12.6. The average molecular weight is 348 g/mol. The lowest BCUT2D eigenvalue weighted by Crippen LogP contribution is -2.46. The summed E-state index contributed by atoms with van der Waals surface area (Å²) >= 11 is 0. The normalized spacial score (nSPS) is 11.3. The molecule has 0 saturated carbocycles. The molecule has 1 amide bonds. The van der Waals surface area contributed by atoms with Gasteiger partial charge in [0.15, 0.2) is 0 Å². The van der Waals surface area contributed by atoms with Crippen LogP contribution in [0.2, 0.25) is 0 Å². The van der Waals surface area contributed by atoms with Crippen molar-refractivity contribution in [2.45, 2.75) is 6.04 Å². The zero-order valence-electron chi connectivity index (χ0n) is 14.4. The minimum atomic E-state index is -0.866. The molecule has 1 atom stereocenters. The SMILES string of the molecule is COC(=O)C(CN)NC(=O)c1ccc(C#CC=Cc2ccccc2)cc1. The van der Waals surface area contributed by atoms with Crippen molar-refractivity contribution in [2.75, 3.05) is 13.7 Å². The van der Waals surface area contributed by atoms with Crippen LogP contribution >= 0.6 is 0 Å². The van der Waals surface area contributed by atoms with Gasteiger partial charge < -0.3 is 15.8 Å². The van der Waals surface area contributed by atoms with Crippen LogP contribution in [-0.2, 0) is 9.53 Å². The van der Waals surface area contributed by atoms with E-state index < -0.39 is 17.9 Å². The smallest absolute Gasteiger partial charge is 0.329 e. The van der Waals surface area contributed by atoms with Gasteiger partial charge in [-0.25, -0.2) is 4.79 Å². The van der Waals surface area contributed by atoms with Gasteiger partial charge in [-0.2, -0.15) is 0 Å². The first-order valence-corrected chi connectivity index (χ1v) is 8.06. The molecule has 3 N–H and O–H groups in total. The summed E-state index contributed by atoms with van der Waals surface area (Å²) in [5, 5.41) is 2.54. The second kappa shape index (κ2) is 9.82. The average Bonchev–Trinajstić information content (AvgIpc) is 2.70. The highest BCUT2D eigenvalue weighted by molar-refractivity contribution is 5.96. The fourth-order valence-corrected chi connectivity index (χ4v) is 2.13. The van der Waals surface area contributed by atoms with Crippen molar-refractivity contribution in [3.05, 3.63) is 77.4 Å². The number of carbonyl (C=O) groups excluding carboxylic acids is 2. The number of ether oxygens (including phenoxy) is 1. The maximum atomic E-state index is 12.1. The topological polar surface area (TPSA) is 81.4 Å². The van der Waals surface area contributed by atoms with Gasteiger partial charge in [0.25, 0.3) is 5.91 Å². The Morgan fingerprint density at radius 1 is 1.15 bits per heavy atom. The summed E-state index contributed by atoms with van der Waals surface area (Å²) < 4.78 is 4.59. The second-order valence-electron chi connectivity index (χ2n) is 5.38. The largest absolute Gasteiger partial charge is 0.467 e. The van der Waals surface area contributed by atoms with Gasteiger partial charge in [0.05, 0.1) is 7.11 Å². The van der Waals surface area contributed by atoms with E-state index in [2.05, 4.69) is 21.9 Å². The number of esters is 1. The van der Waals surface area contributed by atoms with Crippen LogP contribution in [0.5, 0.6) is 0 Å². The molecule has 0 spiro atoms. The molecular formula is C21H20N2O3. The van der Waals surface area contributed by atoms with Crippen LogP contribution in [0.25, 0.3) is 6.08 Å². The maximum Gasteiger partial charge on any atom is 0.329 e. The number of benzene rings is 2. The Bertz CT molecular complexity index is 831. The lowest BCUT2D eigenvalue weighted by atomic mass is 10.1. The highest BCUT2D eigenvalue weighted by Gasteiger charge is 2.20. The molecule has 1 unspecified atom stereocenters. The maximum absolute atomic E-state index is 12.1. The molecule has 0 heterocycles. The van der Waals surface area contributed by atoms with Crippen LogP contribution in [-0.4, -0.2) is 31.6 Å². The quantitative estimate of drug-likeness (QED) is 0.639. The molecule has 132 valence electrons. The summed E-state index contributed by atoms with van der Waals surface area (Å²) in [5.74, 6) is 4.98. The third-order valence-electron chi connectivity index (χ3n) is 3.55. The van der Waals surface area contributed by atoms with Crippen molar-refractivity contribution in [2.24, 2.45) is 5.73 Å². The number of rotatable bonds is 5. The molecule has 0 saturated heterocycles. The Morgan fingerprint density at radius 3 is 2.46 bits per heavy atom. The minimum absolute atomic E-state index is 0.0320. The van der Waals surface area contributed by atoms with Crippen molar-refractivity contribution in [1.29, 1.82) is 0 Å². The number of allylic oxidation sites excluding steroid dienone is 1. The van der Waals surface area contributed by atoms with Crippen molar-refractivity contribution >= 4 is 18.0 Å². The van der Waals surface area contributed by atoms with Gasteiger partial charge in [0.1, 0.15) is 6.04 Å². The van der Waals surface area contributed by atoms with Gasteiger partial charge in [-0.05, 0) is 42.0 Å². The number of carbonyl (C=O) groups is 2. The van der Waals surface area contributed by atoms with E-state index in [4.69, 9.17) is 5.73 Å². The van der Waals surface area contributed by atoms with Crippen molar-refractivity contribution in [1.82, 2.24) is 5.32 Å². The van der Waals surface area contributed by atoms with Gasteiger partial charge >= 0.3 is 5.97 Å². The monoisotopic (exact) mass is 348 g/mol. The Kier molecular flexibility index (Phi) is 7.17. The molecule has 2 rings (SSSR count). The molecule has 0 aliphatic heterocycles. The third kappa shape index (κ3) is 5.62. The summed E-state index contributed by atoms with van der Waals surface area (Å²) in [7, 11) is 1.25. The van der Waals surface area contributed by atoms with Gasteiger partial charge in [0, 0.05) is 17.7 Å². The summed E-state index contributed by atoms with van der Waals surface area (Å²) in [6.45, 7) is -0.0320. The number of hydrogen-bond donors (Lipinski definition) is 2. The number of methoxy groups -OCH3 is 1. The van der Waals surface area contributed by atoms with Gasteiger partial charge in [-0.3, -0.25) is 4.79 Å². The lowest BCUT2D eigenvalue weighted by molar-refractivity contribution is -0.142. The third-order valence-corrected chi connectivity index (χ3v) is 3.55. The molecule has 2 aromatic carbocycles. The zero-order valence-corrected chi connectivity index (χ0v) is 14.4. The summed E-state index contributed by atoms with van der Waals surface area (Å²) in [6, 6.07) is 15.8. The molecule has 5 nitrogen and oxygen atoms in total. The zero-order chi connectivity index (χ0) is 18.8. The highest BCUT2D eigenvalue weighted by atomic mass is 16.5. The predicted molar refractivity (Wildman–Crippen MR) is 101 cm³/mol. The first kappa shape index (κ1) is 19.0. The Labute approximate surface area is 152 Å². The molecule has 26 heavy (non-hydrogen) atoms. The van der Waals surface area contributed by atoms with E-state index in [1.165, 1.54) is 7.11 Å². The van der Waals surface area contributed by atoms with Crippen molar-refractivity contribution in [3.8, 4) is 11.8 Å². The standard InChI is InChI=1S/C21H20N2O3/c1-26-21(25)19(15-22)23-20(24)18-13-11-17(12-14-18)10-6-5-9-16-7-3-2-4-8-16/h2-5,7-9,11-14,19H,15,22H2,1H3,(H,23,24). The van der Waals surface area contributed by atoms with Crippen molar-refractivity contribution < 1.29 is 14.3 Å². The van der Waals surface area contributed by atoms with E-state index in [-0.39, 0.29) is 6.54 Å². The van der Waals surface area contributed by atoms with Gasteiger partial charge in [0.2, 0.25) is 0 Å². The fraction of sp³-hybridized carbons (Fsp3) is 0.143. The molecule has 0 fully saturated rings. The Hall–Kier alpha value is -3.36. The van der Waals surface area contributed by atoms with Crippen LogP contribution in [0.3, 0.4) is 0 Å². The Balaban J connectivity index is 1.98. The molecule has 2 aromatic rings. The summed E-state index contributed by atoms with van der Waals surface area (Å²) in [5.41, 5.74) is 7.74. The van der Waals surface area contributed by atoms with Crippen LogP contribution in [0, 0.1) is 11.8 Å². The lowest BCUT2D eigenvalue weighted by Gasteiger charge is -2.14. The van der Waals surface area contributed by atoms with Crippen LogP contribution in [0.4, 0.5) is 0 Å². The molecular weight excluding hydrogens is 328 g/mol. The number of amides is 1. The van der Waals surface area contributed by atoms with E-state index in [9.17, 15) is 9.59 Å². The number of nitrogens with one attached hydrogen (secondary N) is 1. The second-order valence-corrected chi connectivity index (χ2v) is 5.38. The van der Waals surface area contributed by atoms with Gasteiger partial charge in [-0.15, -0.1) is 0 Å². The summed E-state index contributed by atoms with van der Waals surface area (Å²) in [6.07, 6.45) is 3.70. The number of nitrogens with two attached hydrogens (primary N) is 1. The van der Waals surface area contributed by atoms with Crippen LogP contribution in [0.15, 0.2) is 60.7 Å². The number of hydrogen-bond acceptors (Lipinski definition) is 4. The van der Waals surface area contributed by atoms with Gasteiger partial charge in [-0.1, -0.05) is 42.2 Å². The van der Waals surface area contributed by atoms with E-state index in [0.717, 1.165) is 11.1 Å². The van der Waals surface area contributed by atoms with E-state index in [1.54, 1.807) is 30.3 Å². The van der Waals surface area contributed by atoms with E-state index in [1.807, 2.05) is 36.4 Å². The molecule has 0 aliphatic rings. The van der Waals surface area contributed by atoms with Crippen molar-refractivity contribution in [3.63, 3.8) is 0 Å². The minimum Gasteiger partial charge on any atom is -0.467 e. The highest BCUT2D eigenvalue weighted by Crippen LogP contribution is 2.05. The van der Waals surface area contributed by atoms with E-state index in [0.29, 0.717) is 5.56 Å². The molecule has 0 aliphatic carbocycles. The molecule has 0 bridgehead atoms. The first-order valence-electron chi connectivity index (χ1n) is 8.06. The fourth-order valence-electron chi connectivity index (χ4n) is 2.13. The predicted octanol–water partition coefficient (Wildman–Crippen LogP) is 1.98.